The average Bonchev–Trinajstić information content (AvgIpc) is 3.58. The van der Waals surface area contributed by atoms with Crippen LogP contribution in [-0.2, 0) is 33.3 Å². The minimum Gasteiger partial charge on any atom is -0.462 e. The number of nitrogens with zero attached hydrogens (tertiary/aromatic N) is 1. The van der Waals surface area contributed by atoms with E-state index in [1.54, 1.807) is 48.7 Å². The largest absolute Gasteiger partial charge is 0.462 e. The third-order valence-corrected chi connectivity index (χ3v) is 8.02. The Hall–Kier alpha value is -5.09. The van der Waals surface area contributed by atoms with Gasteiger partial charge in [0.1, 0.15) is 18.1 Å². The Balaban J connectivity index is 1.25. The Morgan fingerprint density at radius 1 is 0.956 bits per heavy atom. The van der Waals surface area contributed by atoms with E-state index < -0.39 is 29.7 Å². The summed E-state index contributed by atoms with van der Waals surface area (Å²) in [7, 11) is 0. The number of fused-ring (bicyclic) bond motifs is 1. The highest BCUT2D eigenvalue weighted by molar-refractivity contribution is 5.98. The van der Waals surface area contributed by atoms with E-state index >= 15 is 0 Å². The number of carbonyl (C=O) groups is 2. The molecule has 6 rings (SSSR count). The topological polar surface area (TPSA) is 91.1 Å². The van der Waals surface area contributed by atoms with Crippen molar-refractivity contribution < 1.29 is 37.0 Å². The fourth-order valence-corrected chi connectivity index (χ4v) is 5.90. The van der Waals surface area contributed by atoms with Gasteiger partial charge in [0, 0.05) is 6.54 Å². The van der Waals surface area contributed by atoms with Crippen molar-refractivity contribution in [2.45, 2.75) is 31.1 Å². The van der Waals surface area contributed by atoms with E-state index in [2.05, 4.69) is 0 Å². The van der Waals surface area contributed by atoms with Crippen molar-refractivity contribution in [1.82, 2.24) is 4.90 Å². The molecule has 0 bridgehead atoms. The molecule has 230 valence electrons. The van der Waals surface area contributed by atoms with E-state index in [0.29, 0.717) is 41.8 Å². The fraction of sp³-hybridized carbons (Fsp3) is 0.200. The number of alkyl halides is 3. The van der Waals surface area contributed by atoms with Gasteiger partial charge in [-0.05, 0) is 71.0 Å². The Morgan fingerprint density at radius 2 is 1.69 bits per heavy atom. The van der Waals surface area contributed by atoms with Gasteiger partial charge in [0.25, 0.3) is 0 Å². The summed E-state index contributed by atoms with van der Waals surface area (Å²) in [6.45, 7) is 0.579. The van der Waals surface area contributed by atoms with Crippen LogP contribution in [0.3, 0.4) is 0 Å². The molecule has 7 nitrogen and oxygen atoms in total. The van der Waals surface area contributed by atoms with Crippen molar-refractivity contribution >= 4 is 11.9 Å². The number of primary amides is 1. The maximum Gasteiger partial charge on any atom is 0.416 e. The SMILES string of the molecule is NC(=O)C1c2ccc(OC(=O)c3ccccc3-c3ccc(C(F)(F)F)cc3)cc2CCN1C(Cc1ccccc1)C1=COCO1. The quantitative estimate of drug-likeness (QED) is 0.182. The Morgan fingerprint density at radius 3 is 2.38 bits per heavy atom. The van der Waals surface area contributed by atoms with Gasteiger partial charge >= 0.3 is 12.1 Å². The van der Waals surface area contributed by atoms with Crippen molar-refractivity contribution in [3.8, 4) is 16.9 Å². The maximum absolute atomic E-state index is 13.3. The average molecular weight is 615 g/mol. The molecule has 4 aromatic rings. The van der Waals surface area contributed by atoms with Gasteiger partial charge in [-0.2, -0.15) is 13.2 Å². The molecule has 1 amide bonds. The van der Waals surface area contributed by atoms with E-state index in [-0.39, 0.29) is 24.1 Å². The number of benzene rings is 4. The predicted octanol–water partition coefficient (Wildman–Crippen LogP) is 6.43. The van der Waals surface area contributed by atoms with E-state index in [1.807, 2.05) is 35.2 Å². The molecule has 0 saturated carbocycles. The van der Waals surface area contributed by atoms with Gasteiger partial charge < -0.3 is 19.9 Å². The maximum atomic E-state index is 13.3. The molecule has 4 aromatic carbocycles. The lowest BCUT2D eigenvalue weighted by Crippen LogP contribution is -2.49. The summed E-state index contributed by atoms with van der Waals surface area (Å²) in [6.07, 6.45) is -1.77. The number of esters is 1. The number of ether oxygens (including phenoxy) is 3. The summed E-state index contributed by atoms with van der Waals surface area (Å²) >= 11 is 0. The van der Waals surface area contributed by atoms with Crippen LogP contribution in [0.4, 0.5) is 13.2 Å². The van der Waals surface area contributed by atoms with Crippen LogP contribution in [0.1, 0.15) is 38.7 Å². The lowest BCUT2D eigenvalue weighted by molar-refractivity contribution is -0.137. The number of hydrogen-bond acceptors (Lipinski definition) is 6. The third kappa shape index (κ3) is 6.41. The Bertz CT molecular complexity index is 1740. The van der Waals surface area contributed by atoms with E-state index in [1.165, 1.54) is 12.1 Å². The highest BCUT2D eigenvalue weighted by atomic mass is 19.4. The molecule has 0 fully saturated rings. The minimum atomic E-state index is -4.47. The molecular formula is C35H29F3N2O5. The number of hydrogen-bond donors (Lipinski definition) is 1. The molecule has 0 aromatic heterocycles. The summed E-state index contributed by atoms with van der Waals surface area (Å²) in [5.41, 5.74) is 8.87. The molecular weight excluding hydrogens is 585 g/mol. The molecule has 2 unspecified atom stereocenters. The molecule has 2 aliphatic rings. The van der Waals surface area contributed by atoms with Crippen LogP contribution in [0, 0.1) is 0 Å². The molecule has 2 N–H and O–H groups in total. The van der Waals surface area contributed by atoms with Crippen LogP contribution in [0.5, 0.6) is 5.75 Å². The highest BCUT2D eigenvalue weighted by Gasteiger charge is 2.39. The minimum absolute atomic E-state index is 0.100. The Kier molecular flexibility index (Phi) is 8.32. The first-order valence-electron chi connectivity index (χ1n) is 14.3. The monoisotopic (exact) mass is 614 g/mol. The summed E-state index contributed by atoms with van der Waals surface area (Å²) in [5.74, 6) is -0.300. The number of halogens is 3. The standard InChI is InChI=1S/C35H29F3N2O5/c36-35(37,38)25-12-10-23(11-13-25)27-8-4-5-9-29(27)34(42)45-26-14-15-28-24(19-26)16-17-40(32(28)33(39)41)30(31-20-43-21-44-31)18-22-6-2-1-3-7-22/h1-15,19-20,30,32H,16-18,21H2,(H2,39,41). The van der Waals surface area contributed by atoms with Crippen LogP contribution >= 0.6 is 0 Å². The molecule has 0 saturated heterocycles. The second-order valence-electron chi connectivity index (χ2n) is 10.8. The number of amides is 1. The summed E-state index contributed by atoms with van der Waals surface area (Å²) in [4.78, 5) is 28.3. The fourth-order valence-electron chi connectivity index (χ4n) is 5.90. The lowest BCUT2D eigenvalue weighted by atomic mass is 9.89. The first-order chi connectivity index (χ1) is 21.7. The van der Waals surface area contributed by atoms with Gasteiger partial charge in [-0.1, -0.05) is 66.7 Å². The zero-order valence-electron chi connectivity index (χ0n) is 24.0. The molecule has 45 heavy (non-hydrogen) atoms. The van der Waals surface area contributed by atoms with Crippen molar-refractivity contribution in [3.63, 3.8) is 0 Å². The summed E-state index contributed by atoms with van der Waals surface area (Å²) in [5, 5.41) is 0. The van der Waals surface area contributed by atoms with Crippen molar-refractivity contribution in [1.29, 1.82) is 0 Å². The van der Waals surface area contributed by atoms with Crippen molar-refractivity contribution in [3.05, 3.63) is 137 Å². The van der Waals surface area contributed by atoms with Gasteiger partial charge in [0.05, 0.1) is 17.2 Å². The number of rotatable bonds is 8. The van der Waals surface area contributed by atoms with Gasteiger partial charge in [-0.25, -0.2) is 4.79 Å². The molecule has 2 heterocycles. The summed E-state index contributed by atoms with van der Waals surface area (Å²) in [6, 6.07) is 25.0. The zero-order valence-corrected chi connectivity index (χ0v) is 24.0. The molecule has 2 atom stereocenters. The smallest absolute Gasteiger partial charge is 0.416 e. The number of carbonyl (C=O) groups excluding carboxylic acids is 2. The Labute approximate surface area is 257 Å². The van der Waals surface area contributed by atoms with Crippen LogP contribution in [0.15, 0.2) is 109 Å². The summed E-state index contributed by atoms with van der Waals surface area (Å²) < 4.78 is 56.1. The van der Waals surface area contributed by atoms with Gasteiger partial charge in [-0.3, -0.25) is 9.69 Å². The molecule has 10 heteroatoms. The van der Waals surface area contributed by atoms with Gasteiger partial charge in [0.2, 0.25) is 12.7 Å². The van der Waals surface area contributed by atoms with Crippen LogP contribution in [0.25, 0.3) is 11.1 Å². The first kappa shape index (κ1) is 30.0. The van der Waals surface area contributed by atoms with Gasteiger partial charge in [0.15, 0.2) is 5.76 Å². The zero-order chi connectivity index (χ0) is 31.6. The lowest BCUT2D eigenvalue weighted by Gasteiger charge is -2.40. The van der Waals surface area contributed by atoms with Crippen LogP contribution in [-0.4, -0.2) is 36.2 Å². The highest BCUT2D eigenvalue weighted by Crippen LogP contribution is 2.37. The predicted molar refractivity (Wildman–Crippen MR) is 160 cm³/mol. The molecule has 2 aliphatic heterocycles. The normalized spacial score (nSPS) is 17.0. The second-order valence-corrected chi connectivity index (χ2v) is 10.8. The first-order valence-corrected chi connectivity index (χ1v) is 14.3. The molecule has 0 radical (unpaired) electrons. The second kappa shape index (κ2) is 12.5. The van der Waals surface area contributed by atoms with E-state index in [4.69, 9.17) is 19.9 Å². The molecule has 0 aliphatic carbocycles. The molecule has 0 spiro atoms. The van der Waals surface area contributed by atoms with Crippen molar-refractivity contribution in [2.75, 3.05) is 13.3 Å². The third-order valence-electron chi connectivity index (χ3n) is 8.02. The van der Waals surface area contributed by atoms with E-state index in [0.717, 1.165) is 23.3 Å². The van der Waals surface area contributed by atoms with E-state index in [9.17, 15) is 22.8 Å². The van der Waals surface area contributed by atoms with Crippen LogP contribution < -0.4 is 10.5 Å². The van der Waals surface area contributed by atoms with Crippen LogP contribution in [0.2, 0.25) is 0 Å². The van der Waals surface area contributed by atoms with Gasteiger partial charge in [-0.15, -0.1) is 0 Å². The number of nitrogens with two attached hydrogens (primary N) is 1. The van der Waals surface area contributed by atoms with Crippen molar-refractivity contribution in [2.24, 2.45) is 5.73 Å².